The average molecular weight is 552 g/mol. The van der Waals surface area contributed by atoms with Crippen LogP contribution in [0, 0.1) is 11.7 Å². The Morgan fingerprint density at radius 2 is 1.72 bits per heavy atom. The molecule has 0 saturated carbocycles. The molecule has 2 fully saturated rings. The maximum absolute atomic E-state index is 14.3. The fraction of sp³-hybridized carbons (Fsp3) is 0.462. The zero-order valence-corrected chi connectivity index (χ0v) is 21.6. The van der Waals surface area contributed by atoms with E-state index in [2.05, 4.69) is 10.3 Å². The SMILES string of the molecule is CC(C)C(NC(=O)c1cc(C(F)(F)F)ccc1F)C(O)N1CCC2(CC1)C(=O)N(C)C(=O)N2c1ccncc1. The third-order valence-electron chi connectivity index (χ3n) is 7.40. The first kappa shape index (κ1) is 28.4. The molecule has 39 heavy (non-hydrogen) atoms. The second-order valence-electron chi connectivity index (χ2n) is 10.1. The van der Waals surface area contributed by atoms with Crippen molar-refractivity contribution in [2.45, 2.75) is 50.7 Å². The van der Waals surface area contributed by atoms with Gasteiger partial charge in [0.25, 0.3) is 11.8 Å². The van der Waals surface area contributed by atoms with Gasteiger partial charge < -0.3 is 10.4 Å². The van der Waals surface area contributed by atoms with Gasteiger partial charge in [0.2, 0.25) is 0 Å². The lowest BCUT2D eigenvalue weighted by molar-refractivity contribution is -0.137. The lowest BCUT2D eigenvalue weighted by Crippen LogP contribution is -2.61. The van der Waals surface area contributed by atoms with E-state index in [4.69, 9.17) is 0 Å². The lowest BCUT2D eigenvalue weighted by atomic mass is 9.85. The highest BCUT2D eigenvalue weighted by molar-refractivity contribution is 6.16. The summed E-state index contributed by atoms with van der Waals surface area (Å²) in [4.78, 5) is 47.1. The van der Waals surface area contributed by atoms with E-state index >= 15 is 0 Å². The zero-order valence-electron chi connectivity index (χ0n) is 21.6. The summed E-state index contributed by atoms with van der Waals surface area (Å²) in [6, 6.07) is 3.37. The Hall–Kier alpha value is -3.58. The number of likely N-dealkylation sites (tertiary alicyclic amines) is 1. The highest BCUT2D eigenvalue weighted by Crippen LogP contribution is 2.40. The molecule has 2 atom stereocenters. The number of piperidine rings is 1. The molecule has 4 rings (SSSR count). The van der Waals surface area contributed by atoms with Gasteiger partial charge in [0.1, 0.15) is 17.6 Å². The Bertz CT molecular complexity index is 1250. The number of alkyl halides is 3. The number of nitrogens with zero attached hydrogens (tertiary/aromatic N) is 4. The van der Waals surface area contributed by atoms with E-state index < -0.39 is 52.9 Å². The number of likely N-dealkylation sites (N-methyl/N-ethyl adjacent to an activating group) is 1. The van der Waals surface area contributed by atoms with E-state index in [1.807, 2.05) is 0 Å². The molecule has 1 aromatic heterocycles. The van der Waals surface area contributed by atoms with Gasteiger partial charge in [0, 0.05) is 38.2 Å². The van der Waals surface area contributed by atoms with Crippen molar-refractivity contribution in [3.8, 4) is 0 Å². The number of aromatic nitrogens is 1. The summed E-state index contributed by atoms with van der Waals surface area (Å²) >= 11 is 0. The number of aliphatic hydroxyl groups is 1. The van der Waals surface area contributed by atoms with Crippen molar-refractivity contribution in [1.29, 1.82) is 0 Å². The molecule has 0 radical (unpaired) electrons. The van der Waals surface area contributed by atoms with Crippen molar-refractivity contribution in [2.75, 3.05) is 25.0 Å². The van der Waals surface area contributed by atoms with Crippen molar-refractivity contribution in [3.63, 3.8) is 0 Å². The molecule has 2 unspecified atom stereocenters. The van der Waals surface area contributed by atoms with Crippen LogP contribution in [0.2, 0.25) is 0 Å². The van der Waals surface area contributed by atoms with Gasteiger partial charge in [-0.25, -0.2) is 9.18 Å². The fourth-order valence-corrected chi connectivity index (χ4v) is 5.19. The highest BCUT2D eigenvalue weighted by Gasteiger charge is 2.58. The molecular formula is C26H29F4N5O4. The maximum Gasteiger partial charge on any atom is 0.416 e. The molecule has 2 aromatic rings. The van der Waals surface area contributed by atoms with Crippen LogP contribution in [0.1, 0.15) is 42.6 Å². The van der Waals surface area contributed by atoms with Crippen molar-refractivity contribution in [3.05, 3.63) is 59.7 Å². The van der Waals surface area contributed by atoms with E-state index in [1.54, 1.807) is 30.9 Å². The summed E-state index contributed by atoms with van der Waals surface area (Å²) < 4.78 is 53.6. The van der Waals surface area contributed by atoms with E-state index in [-0.39, 0.29) is 37.8 Å². The van der Waals surface area contributed by atoms with Crippen LogP contribution in [0.5, 0.6) is 0 Å². The summed E-state index contributed by atoms with van der Waals surface area (Å²) in [6.07, 6.45) is -2.66. The van der Waals surface area contributed by atoms with Gasteiger partial charge >= 0.3 is 12.2 Å². The van der Waals surface area contributed by atoms with E-state index in [0.717, 1.165) is 4.90 Å². The topological polar surface area (TPSA) is 106 Å². The van der Waals surface area contributed by atoms with Gasteiger partial charge in [-0.1, -0.05) is 13.8 Å². The minimum absolute atomic E-state index is 0.173. The minimum atomic E-state index is -4.76. The fourth-order valence-electron chi connectivity index (χ4n) is 5.19. The van der Waals surface area contributed by atoms with Crippen molar-refractivity contribution < 1.29 is 37.1 Å². The van der Waals surface area contributed by atoms with Gasteiger partial charge in [0.15, 0.2) is 0 Å². The molecule has 3 heterocycles. The summed E-state index contributed by atoms with van der Waals surface area (Å²) in [5.74, 6) is -2.97. The van der Waals surface area contributed by atoms with Gasteiger partial charge in [-0.2, -0.15) is 13.2 Å². The number of hydrogen-bond donors (Lipinski definition) is 2. The molecule has 2 aliphatic rings. The number of carbonyl (C=O) groups is 3. The molecular weight excluding hydrogens is 522 g/mol. The van der Waals surface area contributed by atoms with E-state index in [9.17, 15) is 37.1 Å². The standard InChI is InChI=1S/C26H29F4N5O4/c1-15(2)20(32-21(36)18-14-16(26(28,29)30)4-5-19(18)27)22(37)34-12-8-25(9-13-34)23(38)33(3)24(39)35(25)17-6-10-31-11-7-17/h4-7,10-11,14-15,20,22,37H,8-9,12-13H2,1-3H3,(H,32,36). The van der Waals surface area contributed by atoms with Crippen LogP contribution in [0.4, 0.5) is 28.0 Å². The normalized spacial score (nSPS) is 19.6. The van der Waals surface area contributed by atoms with Crippen molar-refractivity contribution in [1.82, 2.24) is 20.1 Å². The number of imide groups is 1. The van der Waals surface area contributed by atoms with E-state index in [1.165, 1.54) is 24.3 Å². The Morgan fingerprint density at radius 1 is 1.10 bits per heavy atom. The number of halogens is 4. The predicted octanol–water partition coefficient (Wildman–Crippen LogP) is 3.25. The number of amides is 4. The highest BCUT2D eigenvalue weighted by atomic mass is 19.4. The second kappa shape index (κ2) is 10.5. The summed E-state index contributed by atoms with van der Waals surface area (Å²) in [5.41, 5.74) is -2.61. The first-order valence-electron chi connectivity index (χ1n) is 12.4. The summed E-state index contributed by atoms with van der Waals surface area (Å²) in [6.45, 7) is 3.74. The Labute approximate surface area is 222 Å². The molecule has 1 aromatic carbocycles. The van der Waals surface area contributed by atoms with Gasteiger partial charge in [-0.15, -0.1) is 0 Å². The van der Waals surface area contributed by atoms with Gasteiger partial charge in [-0.3, -0.25) is 29.3 Å². The van der Waals surface area contributed by atoms with Gasteiger partial charge in [-0.05, 0) is 49.1 Å². The molecule has 210 valence electrons. The van der Waals surface area contributed by atoms with Crippen LogP contribution >= 0.6 is 0 Å². The number of urea groups is 1. The number of rotatable bonds is 6. The number of pyridine rings is 1. The Balaban J connectivity index is 1.52. The third-order valence-corrected chi connectivity index (χ3v) is 7.40. The average Bonchev–Trinajstić information content (AvgIpc) is 3.07. The zero-order chi connectivity index (χ0) is 28.7. The lowest BCUT2D eigenvalue weighted by Gasteiger charge is -2.45. The number of nitrogens with one attached hydrogen (secondary N) is 1. The van der Waals surface area contributed by atoms with Crippen LogP contribution in [0.25, 0.3) is 0 Å². The van der Waals surface area contributed by atoms with Crippen LogP contribution in [0.3, 0.4) is 0 Å². The Kier molecular flexibility index (Phi) is 7.68. The Morgan fingerprint density at radius 3 is 2.28 bits per heavy atom. The van der Waals surface area contributed by atoms with Crippen LogP contribution in [-0.4, -0.2) is 75.7 Å². The smallest absolute Gasteiger partial charge is 0.376 e. The van der Waals surface area contributed by atoms with Gasteiger partial charge in [0.05, 0.1) is 17.2 Å². The molecule has 9 nitrogen and oxygen atoms in total. The number of aliphatic hydroxyl groups excluding tert-OH is 1. The first-order valence-corrected chi connectivity index (χ1v) is 12.4. The molecule has 0 bridgehead atoms. The minimum Gasteiger partial charge on any atom is -0.376 e. The molecule has 4 amide bonds. The van der Waals surface area contributed by atoms with Crippen LogP contribution in [-0.2, 0) is 11.0 Å². The largest absolute Gasteiger partial charge is 0.416 e. The molecule has 2 saturated heterocycles. The van der Waals surface area contributed by atoms with Crippen LogP contribution in [0.15, 0.2) is 42.7 Å². The van der Waals surface area contributed by atoms with Crippen molar-refractivity contribution >= 4 is 23.5 Å². The quantitative estimate of drug-likeness (QED) is 0.422. The number of benzene rings is 1. The molecule has 2 aliphatic heterocycles. The predicted molar refractivity (Wildman–Crippen MR) is 132 cm³/mol. The molecule has 1 spiro atoms. The first-order chi connectivity index (χ1) is 18.3. The summed E-state index contributed by atoms with van der Waals surface area (Å²) in [7, 11) is 1.41. The number of anilines is 1. The van der Waals surface area contributed by atoms with Crippen LogP contribution < -0.4 is 10.2 Å². The second-order valence-corrected chi connectivity index (χ2v) is 10.1. The van der Waals surface area contributed by atoms with Crippen molar-refractivity contribution in [2.24, 2.45) is 5.92 Å². The maximum atomic E-state index is 14.3. The van der Waals surface area contributed by atoms with E-state index in [0.29, 0.717) is 23.9 Å². The monoisotopic (exact) mass is 551 g/mol. The number of hydrogen-bond acceptors (Lipinski definition) is 6. The molecule has 0 aliphatic carbocycles. The third kappa shape index (κ3) is 5.20. The number of carbonyl (C=O) groups excluding carboxylic acids is 3. The molecule has 13 heteroatoms. The summed E-state index contributed by atoms with van der Waals surface area (Å²) in [5, 5.41) is 13.7. The molecule has 2 N–H and O–H groups in total.